The Labute approximate surface area is 141 Å². The number of aromatic carboxylic acids is 1. The number of carbonyl (C=O) groups is 1. The van der Waals surface area contributed by atoms with Crippen LogP contribution in [0.2, 0.25) is 0 Å². The average Bonchev–Trinajstić information content (AvgIpc) is 2.99. The highest BCUT2D eigenvalue weighted by atomic mass is 16.5. The summed E-state index contributed by atoms with van der Waals surface area (Å²) in [6, 6.07) is 7.24. The first kappa shape index (κ1) is 17.8. The first-order valence-electron chi connectivity index (χ1n) is 7.75. The molecule has 1 aromatic heterocycles. The fraction of sp³-hybridized carbons (Fsp3) is 0.412. The third kappa shape index (κ3) is 3.86. The average molecular weight is 333 g/mol. The van der Waals surface area contributed by atoms with E-state index in [4.69, 9.17) is 9.26 Å². The van der Waals surface area contributed by atoms with Crippen molar-refractivity contribution >= 4 is 11.8 Å². The Bertz CT molecular complexity index is 680. The highest BCUT2D eigenvalue weighted by Gasteiger charge is 2.24. The number of nitrogens with one attached hydrogen (secondary N) is 1. The molecule has 0 aliphatic carbocycles. The molecule has 2 rings (SSSR count). The van der Waals surface area contributed by atoms with Gasteiger partial charge in [-0.15, -0.1) is 0 Å². The van der Waals surface area contributed by atoms with E-state index in [1.165, 1.54) is 0 Å². The summed E-state index contributed by atoms with van der Waals surface area (Å²) in [5.74, 6) is 0.0758. The molecule has 0 saturated carbocycles. The molecule has 0 spiro atoms. The van der Waals surface area contributed by atoms with E-state index in [0.29, 0.717) is 17.9 Å². The van der Waals surface area contributed by atoms with Gasteiger partial charge in [0.25, 0.3) is 0 Å². The molecule has 1 unspecified atom stereocenters. The van der Waals surface area contributed by atoms with Crippen LogP contribution in [0, 0.1) is 0 Å². The summed E-state index contributed by atoms with van der Waals surface area (Å²) in [6.07, 6.45) is 0.936. The van der Waals surface area contributed by atoms with Gasteiger partial charge in [0.05, 0.1) is 7.11 Å². The van der Waals surface area contributed by atoms with E-state index < -0.39 is 5.97 Å². The molecule has 7 heteroatoms. The molecular weight excluding hydrogens is 310 g/mol. The Morgan fingerprint density at radius 1 is 1.38 bits per heavy atom. The largest absolute Gasteiger partial charge is 0.497 e. The molecule has 0 fully saturated rings. The summed E-state index contributed by atoms with van der Waals surface area (Å²) >= 11 is 0. The molecule has 2 aromatic rings. The number of hydrogen-bond donors (Lipinski definition) is 2. The Hall–Kier alpha value is -2.54. The molecule has 0 saturated heterocycles. The number of rotatable bonds is 8. The molecule has 0 bridgehead atoms. The van der Waals surface area contributed by atoms with Crippen LogP contribution in [0.3, 0.4) is 0 Å². The number of benzene rings is 1. The molecular formula is C17H23N3O4. The van der Waals surface area contributed by atoms with Gasteiger partial charge in [-0.25, -0.2) is 4.79 Å². The minimum Gasteiger partial charge on any atom is -0.497 e. The van der Waals surface area contributed by atoms with Gasteiger partial charge in [0, 0.05) is 18.2 Å². The second-order valence-corrected chi connectivity index (χ2v) is 5.68. The first-order chi connectivity index (χ1) is 11.5. The van der Waals surface area contributed by atoms with Crippen LogP contribution >= 0.6 is 0 Å². The second kappa shape index (κ2) is 7.83. The molecule has 2 N–H and O–H groups in total. The van der Waals surface area contributed by atoms with E-state index in [0.717, 1.165) is 6.42 Å². The van der Waals surface area contributed by atoms with Gasteiger partial charge in [-0.1, -0.05) is 12.1 Å². The van der Waals surface area contributed by atoms with Crippen molar-refractivity contribution in [3.8, 4) is 17.1 Å². The lowest BCUT2D eigenvalue weighted by atomic mass is 10.1. The van der Waals surface area contributed by atoms with E-state index in [1.54, 1.807) is 31.4 Å². The molecule has 1 heterocycles. The maximum Gasteiger partial charge on any atom is 0.343 e. The van der Waals surface area contributed by atoms with Crippen LogP contribution in [0.1, 0.15) is 23.7 Å². The zero-order chi connectivity index (χ0) is 17.7. The lowest BCUT2D eigenvalue weighted by Crippen LogP contribution is -2.34. The quantitative estimate of drug-likeness (QED) is 0.768. The summed E-state index contributed by atoms with van der Waals surface area (Å²) < 4.78 is 10.4. The standard InChI is InChI=1S/C17H23N3O4/c1-5-12(20(2)3)10-18-16-14(17(21)22)15(24-19-16)11-6-8-13(23-4)9-7-11/h6-9,12H,5,10H2,1-4H3,(H,18,19)(H,21,22). The maximum atomic E-state index is 11.7. The Balaban J connectivity index is 2.27. The monoisotopic (exact) mass is 333 g/mol. The highest BCUT2D eigenvalue weighted by Crippen LogP contribution is 2.30. The van der Waals surface area contributed by atoms with Gasteiger partial charge in [0.15, 0.2) is 17.1 Å². The van der Waals surface area contributed by atoms with Crippen molar-refractivity contribution in [3.63, 3.8) is 0 Å². The molecule has 24 heavy (non-hydrogen) atoms. The number of carboxylic acid groups (broad SMARTS) is 1. The number of aromatic nitrogens is 1. The van der Waals surface area contributed by atoms with Gasteiger partial charge in [-0.05, 0) is 44.8 Å². The smallest absolute Gasteiger partial charge is 0.343 e. The number of nitrogens with zero attached hydrogens (tertiary/aromatic N) is 2. The third-order valence-electron chi connectivity index (χ3n) is 3.96. The molecule has 7 nitrogen and oxygen atoms in total. The number of ether oxygens (including phenoxy) is 1. The zero-order valence-electron chi connectivity index (χ0n) is 14.4. The van der Waals surface area contributed by atoms with Crippen molar-refractivity contribution in [2.45, 2.75) is 19.4 Å². The fourth-order valence-electron chi connectivity index (χ4n) is 2.46. The molecule has 130 valence electrons. The first-order valence-corrected chi connectivity index (χ1v) is 7.75. The summed E-state index contributed by atoms with van der Waals surface area (Å²) in [4.78, 5) is 13.8. The molecule has 0 aliphatic rings. The fourth-order valence-corrected chi connectivity index (χ4v) is 2.46. The molecule has 1 atom stereocenters. The van der Waals surface area contributed by atoms with Crippen molar-refractivity contribution in [1.82, 2.24) is 10.1 Å². The van der Waals surface area contributed by atoms with Gasteiger partial charge >= 0.3 is 5.97 Å². The van der Waals surface area contributed by atoms with Crippen LogP contribution in [0.4, 0.5) is 5.82 Å². The Morgan fingerprint density at radius 3 is 2.54 bits per heavy atom. The van der Waals surface area contributed by atoms with Crippen molar-refractivity contribution < 1.29 is 19.2 Å². The number of methoxy groups -OCH3 is 1. The number of carboxylic acids is 1. The topological polar surface area (TPSA) is 87.8 Å². The molecule has 1 aromatic carbocycles. The summed E-state index contributed by atoms with van der Waals surface area (Å²) in [5.41, 5.74) is 0.669. The third-order valence-corrected chi connectivity index (χ3v) is 3.96. The van der Waals surface area contributed by atoms with E-state index >= 15 is 0 Å². The predicted octanol–water partition coefficient (Wildman–Crippen LogP) is 2.80. The van der Waals surface area contributed by atoms with Crippen LogP contribution in [0.15, 0.2) is 28.8 Å². The molecule has 0 radical (unpaired) electrons. The van der Waals surface area contributed by atoms with Gasteiger partial charge < -0.3 is 24.6 Å². The Morgan fingerprint density at radius 2 is 2.04 bits per heavy atom. The van der Waals surface area contributed by atoms with Crippen LogP contribution in [-0.2, 0) is 0 Å². The van der Waals surface area contributed by atoms with E-state index in [1.807, 2.05) is 14.1 Å². The number of anilines is 1. The van der Waals surface area contributed by atoms with Gasteiger partial charge in [0.1, 0.15) is 5.75 Å². The zero-order valence-corrected chi connectivity index (χ0v) is 14.4. The van der Waals surface area contributed by atoms with Gasteiger partial charge in [0.2, 0.25) is 0 Å². The predicted molar refractivity (Wildman–Crippen MR) is 91.7 cm³/mol. The van der Waals surface area contributed by atoms with Crippen molar-refractivity contribution in [2.75, 3.05) is 33.1 Å². The Kier molecular flexibility index (Phi) is 5.81. The van der Waals surface area contributed by atoms with Crippen molar-refractivity contribution in [2.24, 2.45) is 0 Å². The summed E-state index contributed by atoms with van der Waals surface area (Å²) in [7, 11) is 5.54. The molecule has 0 aliphatic heterocycles. The summed E-state index contributed by atoms with van der Waals surface area (Å²) in [5, 5.41) is 16.5. The van der Waals surface area contributed by atoms with E-state index in [-0.39, 0.29) is 23.2 Å². The van der Waals surface area contributed by atoms with Gasteiger partial charge in [-0.3, -0.25) is 0 Å². The maximum absolute atomic E-state index is 11.7. The SMILES string of the molecule is CCC(CNc1noc(-c2ccc(OC)cc2)c1C(=O)O)N(C)C. The van der Waals surface area contributed by atoms with Crippen LogP contribution in [-0.4, -0.2) is 54.9 Å². The lowest BCUT2D eigenvalue weighted by molar-refractivity contribution is 0.0698. The van der Waals surface area contributed by atoms with Crippen LogP contribution < -0.4 is 10.1 Å². The van der Waals surface area contributed by atoms with Crippen molar-refractivity contribution in [3.05, 3.63) is 29.8 Å². The van der Waals surface area contributed by atoms with Crippen LogP contribution in [0.5, 0.6) is 5.75 Å². The van der Waals surface area contributed by atoms with E-state index in [2.05, 4.69) is 22.3 Å². The summed E-state index contributed by atoms with van der Waals surface area (Å²) in [6.45, 7) is 2.66. The normalized spacial score (nSPS) is 12.2. The van der Waals surface area contributed by atoms with Gasteiger partial charge in [-0.2, -0.15) is 0 Å². The molecule has 0 amide bonds. The van der Waals surface area contributed by atoms with Crippen LogP contribution in [0.25, 0.3) is 11.3 Å². The number of likely N-dealkylation sites (N-methyl/N-ethyl adjacent to an activating group) is 1. The van der Waals surface area contributed by atoms with Crippen molar-refractivity contribution in [1.29, 1.82) is 0 Å². The minimum atomic E-state index is -1.08. The minimum absolute atomic E-state index is 0.0359. The second-order valence-electron chi connectivity index (χ2n) is 5.68. The number of hydrogen-bond acceptors (Lipinski definition) is 6. The van der Waals surface area contributed by atoms with E-state index in [9.17, 15) is 9.90 Å². The lowest BCUT2D eigenvalue weighted by Gasteiger charge is -2.22. The highest BCUT2D eigenvalue weighted by molar-refractivity contribution is 5.99.